The number of halogens is 4. The van der Waals surface area contributed by atoms with Gasteiger partial charge in [0, 0.05) is 10.7 Å². The zero-order valence-electron chi connectivity index (χ0n) is 14.6. The van der Waals surface area contributed by atoms with Crippen LogP contribution < -0.4 is 5.32 Å². The summed E-state index contributed by atoms with van der Waals surface area (Å²) in [4.78, 5) is 12.2. The number of anilines is 1. The molecule has 1 amide bonds. The lowest BCUT2D eigenvalue weighted by Gasteiger charge is -2.22. The van der Waals surface area contributed by atoms with Crippen LogP contribution in [0.2, 0.25) is 5.02 Å². The van der Waals surface area contributed by atoms with Crippen molar-refractivity contribution in [2.45, 2.75) is 24.5 Å². The lowest BCUT2D eigenvalue weighted by molar-refractivity contribution is -0.137. The van der Waals surface area contributed by atoms with Crippen molar-refractivity contribution in [3.63, 3.8) is 0 Å². The van der Waals surface area contributed by atoms with E-state index in [-0.39, 0.29) is 5.69 Å². The topological polar surface area (TPSA) is 83.5 Å². The Morgan fingerprint density at radius 2 is 1.75 bits per heavy atom. The molecule has 0 aliphatic heterocycles. The van der Waals surface area contributed by atoms with Crippen LogP contribution in [-0.2, 0) is 26.6 Å². The summed E-state index contributed by atoms with van der Waals surface area (Å²) in [6, 6.07) is 9.81. The average molecular weight is 436 g/mol. The Labute approximate surface area is 165 Å². The third kappa shape index (κ3) is 6.22. The Balaban J connectivity index is 2.10. The molecule has 0 aliphatic carbocycles. The molecule has 2 N–H and O–H groups in total. The van der Waals surface area contributed by atoms with Crippen molar-refractivity contribution in [1.29, 1.82) is 0 Å². The molecule has 0 saturated carbocycles. The van der Waals surface area contributed by atoms with E-state index in [2.05, 4.69) is 5.32 Å². The highest BCUT2D eigenvalue weighted by Crippen LogP contribution is 2.31. The molecule has 0 heterocycles. The van der Waals surface area contributed by atoms with Gasteiger partial charge in [-0.3, -0.25) is 4.79 Å². The molecular formula is C18H17ClF3NO4S. The summed E-state index contributed by atoms with van der Waals surface area (Å²) in [6.45, 7) is 0.982. The second kappa shape index (κ2) is 8.10. The minimum Gasteiger partial charge on any atom is -0.379 e. The molecule has 0 unspecified atom stereocenters. The fraction of sp³-hybridized carbons (Fsp3) is 0.278. The van der Waals surface area contributed by atoms with Crippen LogP contribution >= 0.6 is 11.6 Å². The van der Waals surface area contributed by atoms with Crippen molar-refractivity contribution in [3.8, 4) is 0 Å². The molecule has 5 nitrogen and oxygen atoms in total. The van der Waals surface area contributed by atoms with E-state index >= 15 is 0 Å². The molecule has 152 valence electrons. The zero-order chi connectivity index (χ0) is 21.2. The minimum atomic E-state index is -4.61. The zero-order valence-corrected chi connectivity index (χ0v) is 16.2. The van der Waals surface area contributed by atoms with Crippen LogP contribution in [0.5, 0.6) is 0 Å². The second-order valence-electron chi connectivity index (χ2n) is 6.47. The summed E-state index contributed by atoms with van der Waals surface area (Å²) in [5, 5.41) is 12.8. The molecule has 2 rings (SSSR count). The number of benzene rings is 2. The van der Waals surface area contributed by atoms with Crippen molar-refractivity contribution in [3.05, 3.63) is 64.7 Å². The third-order valence-corrected chi connectivity index (χ3v) is 5.76. The fourth-order valence-electron chi connectivity index (χ4n) is 2.42. The van der Waals surface area contributed by atoms with Gasteiger partial charge in [-0.15, -0.1) is 0 Å². The van der Waals surface area contributed by atoms with Gasteiger partial charge in [-0.05, 0) is 42.8 Å². The van der Waals surface area contributed by atoms with Crippen LogP contribution in [-0.4, -0.2) is 30.8 Å². The molecule has 0 fully saturated rings. The van der Waals surface area contributed by atoms with Gasteiger partial charge in [0.1, 0.15) is 0 Å². The molecule has 0 saturated heterocycles. The van der Waals surface area contributed by atoms with E-state index in [0.717, 1.165) is 19.1 Å². The van der Waals surface area contributed by atoms with Crippen molar-refractivity contribution in [2.24, 2.45) is 0 Å². The smallest absolute Gasteiger partial charge is 0.379 e. The highest BCUT2D eigenvalue weighted by Gasteiger charge is 2.36. The van der Waals surface area contributed by atoms with Crippen LogP contribution in [0.15, 0.2) is 48.5 Å². The normalized spacial score (nSPS) is 14.4. The molecule has 1 atom stereocenters. The van der Waals surface area contributed by atoms with Gasteiger partial charge in [0.2, 0.25) is 0 Å². The number of sulfone groups is 1. The first-order chi connectivity index (χ1) is 12.8. The van der Waals surface area contributed by atoms with E-state index in [1.807, 2.05) is 0 Å². The number of hydrogen-bond acceptors (Lipinski definition) is 4. The van der Waals surface area contributed by atoms with Crippen LogP contribution in [0.25, 0.3) is 0 Å². The summed E-state index contributed by atoms with van der Waals surface area (Å²) in [7, 11) is -3.91. The summed E-state index contributed by atoms with van der Waals surface area (Å²) in [5.41, 5.74) is -3.13. The number of nitrogens with one attached hydrogen (secondary N) is 1. The van der Waals surface area contributed by atoms with E-state index in [0.29, 0.717) is 16.7 Å². The maximum absolute atomic E-state index is 12.7. The number of aliphatic hydroxyl groups is 1. The number of carbonyl (C=O) groups is 1. The van der Waals surface area contributed by atoms with Gasteiger partial charge in [0.15, 0.2) is 15.4 Å². The van der Waals surface area contributed by atoms with E-state index in [4.69, 9.17) is 11.6 Å². The van der Waals surface area contributed by atoms with Crippen molar-refractivity contribution in [2.75, 3.05) is 11.1 Å². The monoisotopic (exact) mass is 435 g/mol. The standard InChI is InChI=1S/C18H17ClF3NO4S/c1-17(25,11-28(26,27)10-12-5-7-14(19)8-6-12)16(24)23-15-4-2-3-13(9-15)18(20,21)22/h2-9,25H,10-11H2,1H3,(H,23,24)/t17-/m0/s1. The van der Waals surface area contributed by atoms with Crippen LogP contribution in [0.3, 0.4) is 0 Å². The molecule has 0 aliphatic rings. The predicted octanol–water partition coefficient (Wildman–Crippen LogP) is 3.66. The van der Waals surface area contributed by atoms with E-state index < -0.39 is 44.6 Å². The largest absolute Gasteiger partial charge is 0.416 e. The molecule has 28 heavy (non-hydrogen) atoms. The molecule has 2 aromatic rings. The van der Waals surface area contributed by atoms with Crippen molar-refractivity contribution < 1.29 is 31.5 Å². The van der Waals surface area contributed by atoms with E-state index in [1.54, 1.807) is 0 Å². The third-order valence-electron chi connectivity index (χ3n) is 3.74. The Kier molecular flexibility index (Phi) is 6.42. The number of rotatable bonds is 6. The first-order valence-corrected chi connectivity index (χ1v) is 10.1. The lowest BCUT2D eigenvalue weighted by atomic mass is 10.1. The summed E-state index contributed by atoms with van der Waals surface area (Å²) in [6.07, 6.45) is -4.61. The van der Waals surface area contributed by atoms with E-state index in [1.165, 1.54) is 30.3 Å². The van der Waals surface area contributed by atoms with Gasteiger partial charge in [-0.25, -0.2) is 8.42 Å². The fourth-order valence-corrected chi connectivity index (χ4v) is 4.33. The Morgan fingerprint density at radius 1 is 1.14 bits per heavy atom. The van der Waals surface area contributed by atoms with Gasteiger partial charge >= 0.3 is 6.18 Å². The van der Waals surface area contributed by atoms with Gasteiger partial charge in [0.05, 0.1) is 17.1 Å². The van der Waals surface area contributed by atoms with Crippen molar-refractivity contribution in [1.82, 2.24) is 0 Å². The molecule has 0 bridgehead atoms. The maximum Gasteiger partial charge on any atom is 0.416 e. The Hall–Kier alpha value is -2.10. The SMILES string of the molecule is C[C@](O)(CS(=O)(=O)Cc1ccc(Cl)cc1)C(=O)Nc1cccc(C(F)(F)F)c1. The van der Waals surface area contributed by atoms with Crippen LogP contribution in [0.4, 0.5) is 18.9 Å². The number of alkyl halides is 3. The Morgan fingerprint density at radius 3 is 2.32 bits per heavy atom. The summed E-state index contributed by atoms with van der Waals surface area (Å²) >= 11 is 5.73. The first kappa shape index (κ1) is 22.2. The van der Waals surface area contributed by atoms with E-state index in [9.17, 15) is 31.5 Å². The number of amides is 1. The molecule has 2 aromatic carbocycles. The summed E-state index contributed by atoms with van der Waals surface area (Å²) < 4.78 is 62.9. The average Bonchev–Trinajstić information content (AvgIpc) is 2.55. The Bertz CT molecular complexity index is 958. The highest BCUT2D eigenvalue weighted by atomic mass is 35.5. The predicted molar refractivity (Wildman–Crippen MR) is 99.6 cm³/mol. The minimum absolute atomic E-state index is 0.213. The summed E-state index contributed by atoms with van der Waals surface area (Å²) in [5.74, 6) is -2.48. The van der Waals surface area contributed by atoms with Crippen LogP contribution in [0.1, 0.15) is 18.1 Å². The first-order valence-electron chi connectivity index (χ1n) is 7.94. The van der Waals surface area contributed by atoms with Crippen LogP contribution in [0, 0.1) is 0 Å². The van der Waals surface area contributed by atoms with Gasteiger partial charge < -0.3 is 10.4 Å². The molecule has 0 spiro atoms. The molecule has 0 radical (unpaired) electrons. The maximum atomic E-state index is 12.7. The van der Waals surface area contributed by atoms with Gasteiger partial charge in [0.25, 0.3) is 5.91 Å². The lowest BCUT2D eigenvalue weighted by Crippen LogP contribution is -2.46. The number of hydrogen-bond donors (Lipinski definition) is 2. The van der Waals surface area contributed by atoms with Gasteiger partial charge in [-0.1, -0.05) is 29.8 Å². The number of carbonyl (C=O) groups excluding carboxylic acids is 1. The quantitative estimate of drug-likeness (QED) is 0.725. The van der Waals surface area contributed by atoms with Gasteiger partial charge in [-0.2, -0.15) is 13.2 Å². The molecular weight excluding hydrogens is 419 g/mol. The van der Waals surface area contributed by atoms with Crippen molar-refractivity contribution >= 4 is 33.0 Å². The molecule has 10 heteroatoms. The second-order valence-corrected chi connectivity index (χ2v) is 8.97. The highest BCUT2D eigenvalue weighted by molar-refractivity contribution is 7.90. The molecule has 0 aromatic heterocycles.